The third-order valence-electron chi connectivity index (χ3n) is 4.87. The van der Waals surface area contributed by atoms with Crippen molar-refractivity contribution in [3.05, 3.63) is 63.9 Å². The first-order valence-electron chi connectivity index (χ1n) is 8.90. The number of para-hydroxylation sites is 1. The van der Waals surface area contributed by atoms with Crippen molar-refractivity contribution in [1.29, 1.82) is 0 Å². The summed E-state index contributed by atoms with van der Waals surface area (Å²) in [7, 11) is -3.29. The van der Waals surface area contributed by atoms with Gasteiger partial charge in [0.2, 0.25) is 0 Å². The molecule has 0 radical (unpaired) electrons. The molecule has 146 valence electrons. The molecule has 3 aromatic rings. The van der Waals surface area contributed by atoms with Crippen molar-refractivity contribution in [2.45, 2.75) is 30.4 Å². The molecule has 2 heterocycles. The summed E-state index contributed by atoms with van der Waals surface area (Å²) in [6.45, 7) is 3.90. The highest BCUT2D eigenvalue weighted by Crippen LogP contribution is 2.32. The molecule has 0 amide bonds. The van der Waals surface area contributed by atoms with Crippen LogP contribution in [0.1, 0.15) is 11.1 Å². The van der Waals surface area contributed by atoms with Gasteiger partial charge in [-0.15, -0.1) is 0 Å². The number of hydrogen-bond donors (Lipinski definition) is 1. The Balaban J connectivity index is 1.93. The van der Waals surface area contributed by atoms with Crippen molar-refractivity contribution in [3.8, 4) is 5.69 Å². The molecule has 28 heavy (non-hydrogen) atoms. The minimum atomic E-state index is -3.29. The molecule has 1 aliphatic rings. The number of hydrogen-bond acceptors (Lipinski definition) is 6. The lowest BCUT2D eigenvalue weighted by atomic mass is 10.1. The van der Waals surface area contributed by atoms with Crippen LogP contribution in [-0.2, 0) is 9.84 Å². The Bertz CT molecular complexity index is 1230. The van der Waals surface area contributed by atoms with Crippen LogP contribution in [0, 0.1) is 13.8 Å². The zero-order valence-electron chi connectivity index (χ0n) is 15.5. The third-order valence-corrected chi connectivity index (χ3v) is 8.06. The predicted molar refractivity (Wildman–Crippen MR) is 111 cm³/mol. The van der Waals surface area contributed by atoms with Gasteiger partial charge in [-0.25, -0.2) is 13.4 Å². The molecule has 0 aliphatic carbocycles. The first-order chi connectivity index (χ1) is 13.2. The largest absolute Gasteiger partial charge is 0.391 e. The molecule has 6 nitrogen and oxygen atoms in total. The Labute approximate surface area is 167 Å². The fourth-order valence-corrected chi connectivity index (χ4v) is 7.09. The Morgan fingerprint density at radius 1 is 1.14 bits per heavy atom. The van der Waals surface area contributed by atoms with Crippen molar-refractivity contribution in [2.75, 3.05) is 11.5 Å². The fourth-order valence-electron chi connectivity index (χ4n) is 3.50. The van der Waals surface area contributed by atoms with E-state index in [0.29, 0.717) is 21.7 Å². The molecule has 1 aliphatic heterocycles. The first kappa shape index (κ1) is 19.2. The average Bonchev–Trinajstić information content (AvgIpc) is 2.88. The molecule has 2 aromatic carbocycles. The van der Waals surface area contributed by atoms with Gasteiger partial charge in [-0.3, -0.25) is 9.36 Å². The van der Waals surface area contributed by atoms with Crippen LogP contribution in [0.4, 0.5) is 0 Å². The van der Waals surface area contributed by atoms with Crippen LogP contribution < -0.4 is 5.56 Å². The number of aryl methyl sites for hydroxylation is 2. The zero-order valence-corrected chi connectivity index (χ0v) is 17.1. The topological polar surface area (TPSA) is 89.3 Å². The molecule has 2 atom stereocenters. The van der Waals surface area contributed by atoms with E-state index in [1.54, 1.807) is 24.3 Å². The van der Waals surface area contributed by atoms with E-state index in [-0.39, 0.29) is 17.1 Å². The van der Waals surface area contributed by atoms with Gasteiger partial charge in [0.1, 0.15) is 0 Å². The number of rotatable bonds is 3. The van der Waals surface area contributed by atoms with Gasteiger partial charge < -0.3 is 5.11 Å². The number of aromatic nitrogens is 2. The summed E-state index contributed by atoms with van der Waals surface area (Å²) < 4.78 is 25.3. The van der Waals surface area contributed by atoms with E-state index < -0.39 is 21.2 Å². The Hall–Kier alpha value is -2.16. The van der Waals surface area contributed by atoms with E-state index in [1.165, 1.54) is 4.57 Å². The van der Waals surface area contributed by atoms with Gasteiger partial charge in [0.15, 0.2) is 15.0 Å². The lowest BCUT2D eigenvalue weighted by Gasteiger charge is -2.18. The molecule has 1 N–H and O–H groups in total. The first-order valence-corrected chi connectivity index (χ1v) is 11.6. The van der Waals surface area contributed by atoms with Crippen LogP contribution in [0.3, 0.4) is 0 Å². The maximum atomic E-state index is 13.3. The van der Waals surface area contributed by atoms with E-state index in [9.17, 15) is 18.3 Å². The molecule has 0 saturated carbocycles. The average molecular weight is 417 g/mol. The van der Waals surface area contributed by atoms with Crippen LogP contribution in [-0.4, -0.2) is 45.9 Å². The summed E-state index contributed by atoms with van der Waals surface area (Å²) in [5.41, 5.74) is 3.03. The van der Waals surface area contributed by atoms with Gasteiger partial charge >= 0.3 is 0 Å². The van der Waals surface area contributed by atoms with Crippen LogP contribution >= 0.6 is 11.8 Å². The number of benzene rings is 2. The quantitative estimate of drug-likeness (QED) is 0.659. The fraction of sp³-hybridized carbons (Fsp3) is 0.300. The summed E-state index contributed by atoms with van der Waals surface area (Å²) in [6.07, 6.45) is -0.981. The molecule has 0 spiro atoms. The van der Waals surface area contributed by atoms with Gasteiger partial charge in [-0.1, -0.05) is 41.6 Å². The lowest BCUT2D eigenvalue weighted by molar-refractivity contribution is 0.207. The molecule has 4 rings (SSSR count). The maximum Gasteiger partial charge on any atom is 0.266 e. The van der Waals surface area contributed by atoms with E-state index >= 15 is 0 Å². The lowest BCUT2D eigenvalue weighted by Crippen LogP contribution is -2.26. The molecule has 1 fully saturated rings. The van der Waals surface area contributed by atoms with Gasteiger partial charge in [0.05, 0.1) is 39.4 Å². The Kier molecular flexibility index (Phi) is 4.81. The standard InChI is InChI=1S/C20H20N2O4S2/c1-12-7-8-16(13(2)9-12)22-19(24)14-5-3-4-6-15(14)21-20(22)27-18-11-28(25,26)10-17(18)23/h3-9,17-18,23H,10-11H2,1-2H3/t17-,18+/m1/s1. The summed E-state index contributed by atoms with van der Waals surface area (Å²) in [6, 6.07) is 12.9. The van der Waals surface area contributed by atoms with E-state index in [1.807, 2.05) is 32.0 Å². The monoisotopic (exact) mass is 416 g/mol. The predicted octanol–water partition coefficient (Wildman–Crippen LogP) is 2.25. The Morgan fingerprint density at radius 2 is 1.89 bits per heavy atom. The van der Waals surface area contributed by atoms with E-state index in [4.69, 9.17) is 0 Å². The number of aliphatic hydroxyl groups is 1. The highest BCUT2D eigenvalue weighted by Gasteiger charge is 2.38. The summed E-state index contributed by atoms with van der Waals surface area (Å²) in [5, 5.41) is 10.5. The molecule has 0 bridgehead atoms. The molecule has 1 saturated heterocycles. The van der Waals surface area contributed by atoms with Crippen LogP contribution in [0.5, 0.6) is 0 Å². The van der Waals surface area contributed by atoms with Crippen molar-refractivity contribution in [3.63, 3.8) is 0 Å². The highest BCUT2D eigenvalue weighted by atomic mass is 32.2. The van der Waals surface area contributed by atoms with E-state index in [2.05, 4.69) is 4.98 Å². The number of nitrogens with zero attached hydrogens (tertiary/aromatic N) is 2. The van der Waals surface area contributed by atoms with Gasteiger partial charge in [-0.05, 0) is 37.6 Å². The smallest absolute Gasteiger partial charge is 0.266 e. The molecular formula is C20H20N2O4S2. The summed E-state index contributed by atoms with van der Waals surface area (Å²) >= 11 is 1.15. The minimum absolute atomic E-state index is 0.131. The second kappa shape index (κ2) is 7.02. The summed E-state index contributed by atoms with van der Waals surface area (Å²) in [5.74, 6) is -0.388. The van der Waals surface area contributed by atoms with Crippen molar-refractivity contribution in [2.24, 2.45) is 0 Å². The number of thioether (sulfide) groups is 1. The van der Waals surface area contributed by atoms with Gasteiger partial charge in [-0.2, -0.15) is 0 Å². The SMILES string of the molecule is Cc1ccc(-n2c(S[C@H]3CS(=O)(=O)C[C@H]3O)nc3ccccc3c2=O)c(C)c1. The molecular weight excluding hydrogens is 396 g/mol. The molecule has 8 heteroatoms. The number of fused-ring (bicyclic) bond motifs is 1. The third kappa shape index (κ3) is 3.47. The number of aliphatic hydroxyl groups excluding tert-OH is 1. The van der Waals surface area contributed by atoms with Gasteiger partial charge in [0, 0.05) is 0 Å². The second-order valence-corrected chi connectivity index (χ2v) is 10.5. The zero-order chi connectivity index (χ0) is 20.1. The van der Waals surface area contributed by atoms with E-state index in [0.717, 1.165) is 22.9 Å². The highest BCUT2D eigenvalue weighted by molar-refractivity contribution is 8.01. The summed E-state index contributed by atoms with van der Waals surface area (Å²) in [4.78, 5) is 17.9. The minimum Gasteiger partial charge on any atom is -0.391 e. The molecule has 1 aromatic heterocycles. The van der Waals surface area contributed by atoms with Crippen LogP contribution in [0.25, 0.3) is 16.6 Å². The van der Waals surface area contributed by atoms with Crippen LogP contribution in [0.15, 0.2) is 52.4 Å². The van der Waals surface area contributed by atoms with Crippen molar-refractivity contribution < 1.29 is 13.5 Å². The molecule has 0 unspecified atom stereocenters. The maximum absolute atomic E-state index is 13.3. The van der Waals surface area contributed by atoms with Gasteiger partial charge in [0.25, 0.3) is 5.56 Å². The second-order valence-electron chi connectivity index (χ2n) is 7.14. The Morgan fingerprint density at radius 3 is 2.57 bits per heavy atom. The van der Waals surface area contributed by atoms with Crippen molar-refractivity contribution in [1.82, 2.24) is 9.55 Å². The number of sulfone groups is 1. The van der Waals surface area contributed by atoms with Crippen LogP contribution in [0.2, 0.25) is 0 Å². The normalized spacial score (nSPS) is 21.2. The van der Waals surface area contributed by atoms with Crippen molar-refractivity contribution >= 4 is 32.5 Å².